The summed E-state index contributed by atoms with van der Waals surface area (Å²) in [5, 5.41) is 4.00. The fraction of sp³-hybridized carbons (Fsp3) is 0.182. The van der Waals surface area contributed by atoms with Gasteiger partial charge in [-0.25, -0.2) is 9.97 Å². The van der Waals surface area contributed by atoms with E-state index < -0.39 is 6.04 Å². The summed E-state index contributed by atoms with van der Waals surface area (Å²) in [6, 6.07) is 14.1. The van der Waals surface area contributed by atoms with Crippen molar-refractivity contribution in [1.82, 2.24) is 25.3 Å². The first-order valence-electron chi connectivity index (χ1n) is 9.54. The number of fused-ring (bicyclic) bond motifs is 1. The van der Waals surface area contributed by atoms with Crippen LogP contribution in [0.25, 0.3) is 10.9 Å². The lowest BCUT2D eigenvalue weighted by Crippen LogP contribution is -2.35. The van der Waals surface area contributed by atoms with Gasteiger partial charge >= 0.3 is 0 Å². The molecular formula is C22H21N5O3. The average molecular weight is 403 g/mol. The molecule has 0 radical (unpaired) electrons. The number of rotatable bonds is 7. The van der Waals surface area contributed by atoms with Gasteiger partial charge in [-0.2, -0.15) is 0 Å². The van der Waals surface area contributed by atoms with Crippen LogP contribution in [-0.4, -0.2) is 32.4 Å². The van der Waals surface area contributed by atoms with Crippen molar-refractivity contribution in [2.24, 2.45) is 0 Å². The number of pyridine rings is 1. The summed E-state index contributed by atoms with van der Waals surface area (Å²) in [5.74, 6) is 0.525. The normalized spacial score (nSPS) is 11.9. The third kappa shape index (κ3) is 4.54. The number of aromatic nitrogens is 4. The number of para-hydroxylation sites is 1. The second-order valence-corrected chi connectivity index (χ2v) is 6.90. The highest BCUT2D eigenvalue weighted by molar-refractivity contribution is 5.83. The van der Waals surface area contributed by atoms with E-state index in [2.05, 4.69) is 25.3 Å². The second kappa shape index (κ2) is 8.60. The number of nitrogens with one attached hydrogen (secondary N) is 3. The highest BCUT2D eigenvalue weighted by atomic mass is 16.5. The summed E-state index contributed by atoms with van der Waals surface area (Å²) >= 11 is 0. The first-order valence-corrected chi connectivity index (χ1v) is 9.54. The lowest BCUT2D eigenvalue weighted by molar-refractivity contribution is -0.124. The summed E-state index contributed by atoms with van der Waals surface area (Å²) in [6.45, 7) is 1.52. The molecule has 4 aromatic rings. The number of benzene rings is 1. The molecular weight excluding hydrogens is 382 g/mol. The van der Waals surface area contributed by atoms with Gasteiger partial charge < -0.3 is 20.0 Å². The Balaban J connectivity index is 1.57. The van der Waals surface area contributed by atoms with Crippen LogP contribution in [0.5, 0.6) is 5.88 Å². The number of carbonyl (C=O) groups excluding carboxylic acids is 1. The molecule has 0 aliphatic heterocycles. The Morgan fingerprint density at radius 3 is 2.83 bits per heavy atom. The Kier molecular flexibility index (Phi) is 5.56. The predicted molar refractivity (Wildman–Crippen MR) is 112 cm³/mol. The molecule has 0 fully saturated rings. The number of aryl methyl sites for hydroxylation is 1. The Labute approximate surface area is 172 Å². The van der Waals surface area contributed by atoms with Gasteiger partial charge in [0.15, 0.2) is 6.61 Å². The summed E-state index contributed by atoms with van der Waals surface area (Å²) in [6.07, 6.45) is 3.97. The Morgan fingerprint density at radius 1 is 1.20 bits per heavy atom. The van der Waals surface area contributed by atoms with Gasteiger partial charge in [-0.1, -0.05) is 24.3 Å². The second-order valence-electron chi connectivity index (χ2n) is 6.90. The maximum absolute atomic E-state index is 12.6. The summed E-state index contributed by atoms with van der Waals surface area (Å²) in [7, 11) is 0. The number of H-pyrrole nitrogens is 2. The lowest BCUT2D eigenvalue weighted by atomic mass is 10.0. The number of amides is 1. The number of carbonyl (C=O) groups is 1. The first kappa shape index (κ1) is 19.4. The van der Waals surface area contributed by atoms with Crippen molar-refractivity contribution in [3.63, 3.8) is 0 Å². The van der Waals surface area contributed by atoms with E-state index in [1.54, 1.807) is 31.3 Å². The topological polar surface area (TPSA) is 113 Å². The van der Waals surface area contributed by atoms with Crippen molar-refractivity contribution in [2.75, 3.05) is 6.61 Å². The smallest absolute Gasteiger partial charge is 0.258 e. The molecule has 0 saturated heterocycles. The van der Waals surface area contributed by atoms with Crippen molar-refractivity contribution in [1.29, 1.82) is 0 Å². The molecule has 0 aliphatic rings. The molecule has 0 aliphatic carbocycles. The fourth-order valence-corrected chi connectivity index (χ4v) is 3.34. The molecule has 0 unspecified atom stereocenters. The zero-order chi connectivity index (χ0) is 20.9. The van der Waals surface area contributed by atoms with Crippen molar-refractivity contribution < 1.29 is 9.53 Å². The third-order valence-electron chi connectivity index (χ3n) is 4.66. The number of nitrogens with zero attached hydrogens (tertiary/aromatic N) is 2. The minimum Gasteiger partial charge on any atom is -0.468 e. The molecule has 1 amide bonds. The molecule has 152 valence electrons. The molecule has 30 heavy (non-hydrogen) atoms. The van der Waals surface area contributed by atoms with Crippen LogP contribution in [0, 0.1) is 6.92 Å². The molecule has 0 saturated carbocycles. The van der Waals surface area contributed by atoms with E-state index in [1.165, 1.54) is 6.07 Å². The van der Waals surface area contributed by atoms with Crippen LogP contribution in [0.3, 0.4) is 0 Å². The molecule has 3 heterocycles. The standard InChI is InChI=1S/C22H21N5O3/c1-14-25-19(11-20(28)26-14)18(10-15-12-24-17-7-3-2-6-16(15)17)27-21(29)13-30-22-8-4-5-9-23-22/h2-9,11-12,18,24H,10,13H2,1H3,(H,27,29)(H,25,26,28)/t18-/m1/s1. The summed E-state index contributed by atoms with van der Waals surface area (Å²) in [5.41, 5.74) is 2.25. The van der Waals surface area contributed by atoms with Gasteiger partial charge in [0.2, 0.25) is 5.88 Å². The summed E-state index contributed by atoms with van der Waals surface area (Å²) in [4.78, 5) is 38.9. The van der Waals surface area contributed by atoms with E-state index >= 15 is 0 Å². The van der Waals surface area contributed by atoms with Gasteiger partial charge in [0.1, 0.15) is 5.82 Å². The zero-order valence-electron chi connectivity index (χ0n) is 16.4. The van der Waals surface area contributed by atoms with Gasteiger partial charge in [-0.3, -0.25) is 9.59 Å². The van der Waals surface area contributed by atoms with Crippen molar-refractivity contribution in [3.05, 3.63) is 88.4 Å². The number of hydrogen-bond donors (Lipinski definition) is 3. The van der Waals surface area contributed by atoms with Gasteiger partial charge in [0.05, 0.1) is 11.7 Å². The maximum atomic E-state index is 12.6. The fourth-order valence-electron chi connectivity index (χ4n) is 3.34. The largest absolute Gasteiger partial charge is 0.468 e. The number of hydrogen-bond acceptors (Lipinski definition) is 5. The van der Waals surface area contributed by atoms with E-state index in [1.807, 2.05) is 30.5 Å². The Morgan fingerprint density at radius 2 is 2.03 bits per heavy atom. The van der Waals surface area contributed by atoms with Crippen LogP contribution >= 0.6 is 0 Å². The van der Waals surface area contributed by atoms with E-state index in [9.17, 15) is 9.59 Å². The van der Waals surface area contributed by atoms with E-state index in [4.69, 9.17) is 4.74 Å². The Hall–Kier alpha value is -3.94. The highest BCUT2D eigenvalue weighted by Crippen LogP contribution is 2.23. The van der Waals surface area contributed by atoms with Crippen LogP contribution in [0.1, 0.15) is 23.1 Å². The van der Waals surface area contributed by atoms with Crippen LogP contribution in [-0.2, 0) is 11.2 Å². The number of ether oxygens (including phenoxy) is 1. The molecule has 8 nitrogen and oxygen atoms in total. The van der Waals surface area contributed by atoms with Gasteiger partial charge in [-0.15, -0.1) is 0 Å². The molecule has 3 N–H and O–H groups in total. The quantitative estimate of drug-likeness (QED) is 0.439. The van der Waals surface area contributed by atoms with Crippen LogP contribution in [0.4, 0.5) is 0 Å². The molecule has 8 heteroatoms. The SMILES string of the molecule is Cc1nc([C@@H](Cc2c[nH]c3ccccc23)NC(=O)COc2ccccn2)cc(=O)[nH]1. The molecule has 3 aromatic heterocycles. The highest BCUT2D eigenvalue weighted by Gasteiger charge is 2.20. The van der Waals surface area contributed by atoms with E-state index in [-0.39, 0.29) is 18.1 Å². The van der Waals surface area contributed by atoms with Crippen LogP contribution in [0.15, 0.2) is 65.7 Å². The average Bonchev–Trinajstić information content (AvgIpc) is 3.15. The monoisotopic (exact) mass is 403 g/mol. The first-order chi connectivity index (χ1) is 14.6. The molecule has 1 aromatic carbocycles. The zero-order valence-corrected chi connectivity index (χ0v) is 16.4. The van der Waals surface area contributed by atoms with Crippen LogP contribution < -0.4 is 15.6 Å². The predicted octanol–water partition coefficient (Wildman–Crippen LogP) is 2.43. The Bertz CT molecular complexity index is 1220. The molecule has 4 rings (SSSR count). The van der Waals surface area contributed by atoms with E-state index in [0.717, 1.165) is 16.5 Å². The maximum Gasteiger partial charge on any atom is 0.258 e. The van der Waals surface area contributed by atoms with Crippen molar-refractivity contribution in [2.45, 2.75) is 19.4 Å². The molecule has 0 spiro atoms. The lowest BCUT2D eigenvalue weighted by Gasteiger charge is -2.18. The summed E-state index contributed by atoms with van der Waals surface area (Å²) < 4.78 is 5.44. The van der Waals surface area contributed by atoms with Crippen molar-refractivity contribution in [3.8, 4) is 5.88 Å². The third-order valence-corrected chi connectivity index (χ3v) is 4.66. The van der Waals surface area contributed by atoms with Gasteiger partial charge in [-0.05, 0) is 24.6 Å². The minimum absolute atomic E-state index is 0.191. The van der Waals surface area contributed by atoms with Gasteiger partial charge in [0.25, 0.3) is 11.5 Å². The van der Waals surface area contributed by atoms with Gasteiger partial charge in [0, 0.05) is 41.9 Å². The molecule has 1 atom stereocenters. The van der Waals surface area contributed by atoms with Crippen molar-refractivity contribution >= 4 is 16.8 Å². The minimum atomic E-state index is -0.495. The molecule has 0 bridgehead atoms. The number of aromatic amines is 2. The van der Waals surface area contributed by atoms with E-state index in [0.29, 0.717) is 23.8 Å². The van der Waals surface area contributed by atoms with Crippen LogP contribution in [0.2, 0.25) is 0 Å².